The van der Waals surface area contributed by atoms with Gasteiger partial charge in [-0.15, -0.1) is 16.8 Å². The molecule has 2 aromatic carbocycles. The minimum atomic E-state index is -0.156. The fraction of sp³-hybridized carbons (Fsp3) is 0.105. The number of benzene rings is 2. The van der Waals surface area contributed by atoms with Crippen molar-refractivity contribution < 1.29 is 4.79 Å². The summed E-state index contributed by atoms with van der Waals surface area (Å²) in [7, 11) is 0. The number of carbonyl (C=O) groups excluding carboxylic acids is 1. The van der Waals surface area contributed by atoms with Crippen LogP contribution in [0, 0.1) is 0 Å². The average Bonchev–Trinajstić information content (AvgIpc) is 3.35. The lowest BCUT2D eigenvalue weighted by molar-refractivity contribution is -0.113. The summed E-state index contributed by atoms with van der Waals surface area (Å²) in [5.74, 6) is 0.726. The highest BCUT2D eigenvalue weighted by atomic mass is 35.5. The summed E-state index contributed by atoms with van der Waals surface area (Å²) in [6.07, 6.45) is 1.77. The van der Waals surface area contributed by atoms with Gasteiger partial charge in [-0.25, -0.2) is 0 Å². The second kappa shape index (κ2) is 8.73. The van der Waals surface area contributed by atoms with E-state index in [1.807, 2.05) is 34.9 Å². The van der Waals surface area contributed by atoms with Crippen LogP contribution in [0.1, 0.15) is 0 Å². The number of nitrogens with zero attached hydrogens (tertiary/aromatic N) is 5. The molecule has 0 fully saturated rings. The zero-order valence-corrected chi connectivity index (χ0v) is 17.5. The Bertz CT molecular complexity index is 1170. The molecule has 0 radical (unpaired) electrons. The monoisotopic (exact) mass is 442 g/mol. The Hall–Kier alpha value is -2.75. The molecule has 0 unspecified atom stereocenters. The first-order valence-electron chi connectivity index (χ1n) is 8.59. The van der Waals surface area contributed by atoms with Crippen LogP contribution in [0.25, 0.3) is 22.4 Å². The van der Waals surface area contributed by atoms with Crippen LogP contribution in [0.3, 0.4) is 0 Å². The summed E-state index contributed by atoms with van der Waals surface area (Å²) in [4.78, 5) is 12.5. The van der Waals surface area contributed by atoms with Crippen molar-refractivity contribution >= 4 is 57.7 Å². The van der Waals surface area contributed by atoms with Gasteiger partial charge in [0.05, 0.1) is 23.2 Å². The first-order chi connectivity index (χ1) is 14.2. The highest BCUT2D eigenvalue weighted by Crippen LogP contribution is 2.26. The normalized spacial score (nSPS) is 10.9. The van der Waals surface area contributed by atoms with Gasteiger partial charge in [0, 0.05) is 17.1 Å². The van der Waals surface area contributed by atoms with E-state index in [0.717, 1.165) is 22.8 Å². The fourth-order valence-electron chi connectivity index (χ4n) is 2.73. The van der Waals surface area contributed by atoms with Crippen molar-refractivity contribution in [1.82, 2.24) is 23.5 Å². The number of anilines is 1. The zero-order valence-electron chi connectivity index (χ0n) is 15.1. The van der Waals surface area contributed by atoms with Crippen molar-refractivity contribution in [3.05, 3.63) is 60.1 Å². The van der Waals surface area contributed by atoms with Crippen LogP contribution in [-0.2, 0) is 11.3 Å². The number of fused-ring (bicyclic) bond motifs is 1. The highest BCUT2D eigenvalue weighted by Gasteiger charge is 2.16. The van der Waals surface area contributed by atoms with Gasteiger partial charge >= 0.3 is 0 Å². The Kier molecular flexibility index (Phi) is 5.89. The third kappa shape index (κ3) is 4.31. The number of allylic oxidation sites excluding steroid dienone is 1. The standard InChI is InChI=1S/C19H15ClN6OS2/c1-2-10-26-18(12-6-8-13(20)9-7-12)22-23-19(26)28-11-16(27)21-14-4-3-5-15-17(14)25-29-24-15/h2-9H,1,10-11H2,(H,21,27). The first kappa shape index (κ1) is 19.6. The van der Waals surface area contributed by atoms with E-state index in [-0.39, 0.29) is 11.7 Å². The summed E-state index contributed by atoms with van der Waals surface area (Å²) in [6.45, 7) is 4.33. The van der Waals surface area contributed by atoms with Crippen molar-refractivity contribution in [3.8, 4) is 11.4 Å². The number of rotatable bonds is 7. The molecule has 2 heterocycles. The molecular formula is C19H15ClN6OS2. The smallest absolute Gasteiger partial charge is 0.234 e. The van der Waals surface area contributed by atoms with Crippen LogP contribution in [0.2, 0.25) is 5.02 Å². The first-order valence-corrected chi connectivity index (χ1v) is 10.7. The second-order valence-corrected chi connectivity index (χ2v) is 7.89. The maximum atomic E-state index is 12.5. The molecule has 0 saturated carbocycles. The van der Waals surface area contributed by atoms with Crippen molar-refractivity contribution in [2.75, 3.05) is 11.1 Å². The van der Waals surface area contributed by atoms with E-state index in [4.69, 9.17) is 11.6 Å². The number of amides is 1. The molecule has 4 aromatic rings. The summed E-state index contributed by atoms with van der Waals surface area (Å²) < 4.78 is 10.3. The van der Waals surface area contributed by atoms with Gasteiger partial charge < -0.3 is 5.32 Å². The lowest BCUT2D eigenvalue weighted by Gasteiger charge is -2.08. The van der Waals surface area contributed by atoms with E-state index in [1.165, 1.54) is 11.8 Å². The molecule has 0 aliphatic heterocycles. The molecule has 2 aromatic heterocycles. The molecule has 1 N–H and O–H groups in total. The second-order valence-electron chi connectivity index (χ2n) is 5.99. The SMILES string of the molecule is C=CCn1c(SCC(=O)Nc2cccc3nsnc23)nnc1-c1ccc(Cl)cc1. The van der Waals surface area contributed by atoms with E-state index >= 15 is 0 Å². The van der Waals surface area contributed by atoms with E-state index < -0.39 is 0 Å². The molecule has 0 bridgehead atoms. The lowest BCUT2D eigenvalue weighted by Crippen LogP contribution is -2.15. The number of nitrogens with one attached hydrogen (secondary N) is 1. The van der Waals surface area contributed by atoms with E-state index in [1.54, 1.807) is 18.2 Å². The predicted molar refractivity (Wildman–Crippen MR) is 117 cm³/mol. The third-order valence-corrected chi connectivity index (χ3v) is 5.78. The number of hydrogen-bond donors (Lipinski definition) is 1. The highest BCUT2D eigenvalue weighted by molar-refractivity contribution is 7.99. The van der Waals surface area contributed by atoms with E-state index in [2.05, 4.69) is 30.8 Å². The van der Waals surface area contributed by atoms with E-state index in [0.29, 0.717) is 33.8 Å². The van der Waals surface area contributed by atoms with Crippen LogP contribution in [0.5, 0.6) is 0 Å². The number of halogens is 1. The zero-order chi connectivity index (χ0) is 20.2. The molecule has 10 heteroatoms. The molecule has 0 aliphatic rings. The lowest BCUT2D eigenvalue weighted by atomic mass is 10.2. The van der Waals surface area contributed by atoms with Crippen LogP contribution in [0.4, 0.5) is 5.69 Å². The number of carbonyl (C=O) groups is 1. The maximum Gasteiger partial charge on any atom is 0.234 e. The number of hydrogen-bond acceptors (Lipinski definition) is 7. The molecule has 0 saturated heterocycles. The van der Waals surface area contributed by atoms with E-state index in [9.17, 15) is 4.79 Å². The van der Waals surface area contributed by atoms with Crippen molar-refractivity contribution in [3.63, 3.8) is 0 Å². The van der Waals surface area contributed by atoms with Gasteiger partial charge in [-0.3, -0.25) is 9.36 Å². The molecule has 29 heavy (non-hydrogen) atoms. The van der Waals surface area contributed by atoms with Crippen molar-refractivity contribution in [2.45, 2.75) is 11.7 Å². The Morgan fingerprint density at radius 3 is 2.83 bits per heavy atom. The molecule has 0 aliphatic carbocycles. The molecule has 1 amide bonds. The average molecular weight is 443 g/mol. The van der Waals surface area contributed by atoms with Crippen molar-refractivity contribution in [2.24, 2.45) is 0 Å². The molecular weight excluding hydrogens is 428 g/mol. The summed E-state index contributed by atoms with van der Waals surface area (Å²) in [5.41, 5.74) is 2.99. The Labute approximate surface area is 180 Å². The molecule has 7 nitrogen and oxygen atoms in total. The fourth-order valence-corrected chi connectivity index (χ4v) is 4.15. The third-order valence-electron chi connectivity index (χ3n) is 4.02. The van der Waals surface area contributed by atoms with Gasteiger partial charge in [0.2, 0.25) is 5.91 Å². The topological polar surface area (TPSA) is 85.6 Å². The quantitative estimate of drug-likeness (QED) is 0.334. The van der Waals surface area contributed by atoms with Gasteiger partial charge in [0.1, 0.15) is 11.0 Å². The van der Waals surface area contributed by atoms with Gasteiger partial charge in [-0.05, 0) is 36.4 Å². The largest absolute Gasteiger partial charge is 0.323 e. The molecule has 146 valence electrons. The molecule has 0 atom stereocenters. The van der Waals surface area contributed by atoms with Crippen LogP contribution in [0.15, 0.2) is 60.3 Å². The minimum Gasteiger partial charge on any atom is -0.323 e. The van der Waals surface area contributed by atoms with Gasteiger partial charge in [-0.1, -0.05) is 35.5 Å². The van der Waals surface area contributed by atoms with Gasteiger partial charge in [0.15, 0.2) is 11.0 Å². The van der Waals surface area contributed by atoms with Gasteiger partial charge in [-0.2, -0.15) is 8.75 Å². The number of aromatic nitrogens is 5. The maximum absolute atomic E-state index is 12.5. The molecule has 4 rings (SSSR count). The Morgan fingerprint density at radius 2 is 2.03 bits per heavy atom. The Balaban J connectivity index is 1.49. The summed E-state index contributed by atoms with van der Waals surface area (Å²) >= 11 is 8.40. The van der Waals surface area contributed by atoms with Crippen LogP contribution in [-0.4, -0.2) is 35.2 Å². The minimum absolute atomic E-state index is 0.156. The van der Waals surface area contributed by atoms with Crippen LogP contribution < -0.4 is 5.32 Å². The summed E-state index contributed by atoms with van der Waals surface area (Å²) in [6, 6.07) is 12.9. The molecule has 0 spiro atoms. The predicted octanol–water partition coefficient (Wildman–Crippen LogP) is 4.52. The Morgan fingerprint density at radius 1 is 1.21 bits per heavy atom. The van der Waals surface area contributed by atoms with Crippen molar-refractivity contribution in [1.29, 1.82) is 0 Å². The van der Waals surface area contributed by atoms with Gasteiger partial charge in [0.25, 0.3) is 0 Å². The summed E-state index contributed by atoms with van der Waals surface area (Å²) in [5, 5.41) is 12.7. The number of thioether (sulfide) groups is 1. The van der Waals surface area contributed by atoms with Crippen LogP contribution >= 0.6 is 35.1 Å².